The maximum absolute atomic E-state index is 12.9. The summed E-state index contributed by atoms with van der Waals surface area (Å²) in [6.07, 6.45) is 8.86. The van der Waals surface area contributed by atoms with E-state index >= 15 is 0 Å². The topological polar surface area (TPSA) is 60.2 Å². The van der Waals surface area contributed by atoms with Crippen LogP contribution < -0.4 is 0 Å². The Balaban J connectivity index is 1.49. The highest BCUT2D eigenvalue weighted by atomic mass is 16.5. The maximum Gasteiger partial charge on any atom is 0.231 e. The van der Waals surface area contributed by atoms with Crippen molar-refractivity contribution in [2.24, 2.45) is 5.41 Å². The summed E-state index contributed by atoms with van der Waals surface area (Å²) in [5, 5.41) is 8.96. The van der Waals surface area contributed by atoms with E-state index in [0.29, 0.717) is 18.4 Å². The number of carbonyl (C=O) groups is 1. The van der Waals surface area contributed by atoms with E-state index in [4.69, 9.17) is 4.74 Å². The summed E-state index contributed by atoms with van der Waals surface area (Å²) < 4.78 is 7.64. The summed E-state index contributed by atoms with van der Waals surface area (Å²) in [6.45, 7) is 3.27. The van der Waals surface area contributed by atoms with Gasteiger partial charge in [0.2, 0.25) is 5.91 Å². The van der Waals surface area contributed by atoms with Gasteiger partial charge in [0.25, 0.3) is 0 Å². The molecule has 3 aliphatic rings. The lowest BCUT2D eigenvalue weighted by molar-refractivity contribution is -0.140. The van der Waals surface area contributed by atoms with Crippen molar-refractivity contribution in [2.75, 3.05) is 26.8 Å². The Kier molecular flexibility index (Phi) is 4.33. The van der Waals surface area contributed by atoms with Gasteiger partial charge in [0.05, 0.1) is 12.0 Å². The van der Waals surface area contributed by atoms with Crippen molar-refractivity contribution >= 4 is 5.91 Å². The van der Waals surface area contributed by atoms with Crippen molar-refractivity contribution in [1.29, 1.82) is 0 Å². The van der Waals surface area contributed by atoms with Crippen LogP contribution in [0.2, 0.25) is 0 Å². The molecule has 1 saturated carbocycles. The van der Waals surface area contributed by atoms with Crippen molar-refractivity contribution in [1.82, 2.24) is 19.7 Å². The third kappa shape index (κ3) is 2.85. The molecule has 0 radical (unpaired) electrons. The Hall–Kier alpha value is -1.43. The summed E-state index contributed by atoms with van der Waals surface area (Å²) in [5.74, 6) is 2.88. The van der Waals surface area contributed by atoms with Gasteiger partial charge in [0.1, 0.15) is 11.6 Å². The molecule has 1 aromatic heterocycles. The van der Waals surface area contributed by atoms with E-state index in [9.17, 15) is 4.79 Å². The summed E-state index contributed by atoms with van der Waals surface area (Å²) in [4.78, 5) is 15.0. The second-order valence-electron chi connectivity index (χ2n) is 7.74. The van der Waals surface area contributed by atoms with Crippen LogP contribution >= 0.6 is 0 Å². The number of amides is 1. The summed E-state index contributed by atoms with van der Waals surface area (Å²) in [5.41, 5.74) is -0.224. The van der Waals surface area contributed by atoms with E-state index < -0.39 is 0 Å². The molecule has 1 aliphatic carbocycles. The van der Waals surface area contributed by atoms with Crippen LogP contribution in [0.15, 0.2) is 0 Å². The Morgan fingerprint density at radius 3 is 2.88 bits per heavy atom. The SMILES string of the molecule is COCC1(C(=O)N2CCCC(c3nnc4n3CCCCC4)C2)CC1. The van der Waals surface area contributed by atoms with E-state index in [2.05, 4.69) is 19.7 Å². The first kappa shape index (κ1) is 16.1. The zero-order valence-corrected chi connectivity index (χ0v) is 14.7. The molecular formula is C18H28N4O2. The Bertz CT molecular complexity index is 608. The quantitative estimate of drug-likeness (QED) is 0.847. The van der Waals surface area contributed by atoms with Crippen molar-refractivity contribution in [2.45, 2.75) is 63.8 Å². The lowest BCUT2D eigenvalue weighted by Gasteiger charge is -2.34. The van der Waals surface area contributed by atoms with Gasteiger partial charge >= 0.3 is 0 Å². The molecule has 3 heterocycles. The highest BCUT2D eigenvalue weighted by molar-refractivity contribution is 5.85. The molecule has 2 aliphatic heterocycles. The summed E-state index contributed by atoms with van der Waals surface area (Å²) in [6, 6.07) is 0. The van der Waals surface area contributed by atoms with Gasteiger partial charge in [-0.25, -0.2) is 0 Å². The summed E-state index contributed by atoms with van der Waals surface area (Å²) >= 11 is 0. The third-order valence-electron chi connectivity index (χ3n) is 5.94. The molecule has 1 amide bonds. The van der Waals surface area contributed by atoms with Gasteiger partial charge in [-0.3, -0.25) is 4.79 Å². The number of carbonyl (C=O) groups excluding carboxylic acids is 1. The van der Waals surface area contributed by atoms with Crippen molar-refractivity contribution in [3.8, 4) is 0 Å². The molecule has 0 bridgehead atoms. The molecule has 6 heteroatoms. The number of likely N-dealkylation sites (tertiary alicyclic amines) is 1. The van der Waals surface area contributed by atoms with Gasteiger partial charge in [-0.15, -0.1) is 10.2 Å². The van der Waals surface area contributed by atoms with Crippen LogP contribution in [-0.2, 0) is 22.5 Å². The van der Waals surface area contributed by atoms with Crippen molar-refractivity contribution in [3.63, 3.8) is 0 Å². The highest BCUT2D eigenvalue weighted by Gasteiger charge is 2.52. The molecule has 0 aromatic carbocycles. The minimum Gasteiger partial charge on any atom is -0.384 e. The molecule has 4 rings (SSSR count). The molecule has 1 aromatic rings. The largest absolute Gasteiger partial charge is 0.384 e. The zero-order chi connectivity index (χ0) is 16.6. The molecule has 24 heavy (non-hydrogen) atoms. The number of fused-ring (bicyclic) bond motifs is 1. The molecule has 0 spiro atoms. The number of hydrogen-bond donors (Lipinski definition) is 0. The standard InChI is InChI=1S/C18H28N4O2/c1-24-13-18(8-9-18)17(23)21-10-5-6-14(12-21)16-20-19-15-7-3-2-4-11-22(15)16/h14H,2-13H2,1H3. The van der Waals surface area contributed by atoms with E-state index in [1.54, 1.807) is 7.11 Å². The van der Waals surface area contributed by atoms with Gasteiger partial charge in [-0.1, -0.05) is 6.42 Å². The van der Waals surface area contributed by atoms with Gasteiger partial charge in [-0.2, -0.15) is 0 Å². The maximum atomic E-state index is 12.9. The van der Waals surface area contributed by atoms with Crippen LogP contribution in [0.5, 0.6) is 0 Å². The molecule has 1 saturated heterocycles. The first-order chi connectivity index (χ1) is 11.7. The Morgan fingerprint density at radius 2 is 2.08 bits per heavy atom. The van der Waals surface area contributed by atoms with E-state index in [1.165, 1.54) is 19.3 Å². The molecule has 1 unspecified atom stereocenters. The minimum absolute atomic E-state index is 0.224. The van der Waals surface area contributed by atoms with Gasteiger partial charge in [-0.05, 0) is 38.5 Å². The van der Waals surface area contributed by atoms with E-state index in [1.807, 2.05) is 0 Å². The Morgan fingerprint density at radius 1 is 1.21 bits per heavy atom. The first-order valence-electron chi connectivity index (χ1n) is 9.44. The number of ether oxygens (including phenoxy) is 1. The number of piperidine rings is 1. The van der Waals surface area contributed by atoms with Crippen LogP contribution in [0.4, 0.5) is 0 Å². The zero-order valence-electron chi connectivity index (χ0n) is 14.7. The predicted octanol–water partition coefficient (Wildman–Crippen LogP) is 2.14. The fourth-order valence-electron chi connectivity index (χ4n) is 4.36. The number of hydrogen-bond acceptors (Lipinski definition) is 4. The number of nitrogens with zero attached hydrogens (tertiary/aromatic N) is 4. The van der Waals surface area contributed by atoms with Crippen LogP contribution in [0.3, 0.4) is 0 Å². The lowest BCUT2D eigenvalue weighted by Crippen LogP contribution is -2.44. The smallest absolute Gasteiger partial charge is 0.231 e. The predicted molar refractivity (Wildman–Crippen MR) is 89.7 cm³/mol. The van der Waals surface area contributed by atoms with Crippen molar-refractivity contribution in [3.05, 3.63) is 11.6 Å². The van der Waals surface area contributed by atoms with E-state index in [0.717, 1.165) is 63.4 Å². The Labute approximate surface area is 143 Å². The second-order valence-corrected chi connectivity index (χ2v) is 7.74. The fraction of sp³-hybridized carbons (Fsp3) is 0.833. The molecule has 132 valence electrons. The van der Waals surface area contributed by atoms with Crippen LogP contribution in [0.25, 0.3) is 0 Å². The van der Waals surface area contributed by atoms with Crippen LogP contribution in [0.1, 0.15) is 62.5 Å². The molecule has 1 atom stereocenters. The average Bonchev–Trinajstić information content (AvgIpc) is 3.34. The van der Waals surface area contributed by atoms with Crippen LogP contribution in [-0.4, -0.2) is 52.4 Å². The normalized spacial score (nSPS) is 25.9. The monoisotopic (exact) mass is 332 g/mol. The summed E-state index contributed by atoms with van der Waals surface area (Å²) in [7, 11) is 1.69. The number of aromatic nitrogens is 3. The molecule has 0 N–H and O–H groups in total. The minimum atomic E-state index is -0.224. The fourth-order valence-corrected chi connectivity index (χ4v) is 4.36. The third-order valence-corrected chi connectivity index (χ3v) is 5.94. The second kappa shape index (κ2) is 6.47. The van der Waals surface area contributed by atoms with Gasteiger partial charge in [0, 0.05) is 39.1 Å². The number of methoxy groups -OCH3 is 1. The van der Waals surface area contributed by atoms with Gasteiger partial charge in [0.15, 0.2) is 0 Å². The first-order valence-corrected chi connectivity index (χ1v) is 9.44. The van der Waals surface area contributed by atoms with Crippen LogP contribution in [0, 0.1) is 5.41 Å². The van der Waals surface area contributed by atoms with Gasteiger partial charge < -0.3 is 14.2 Å². The lowest BCUT2D eigenvalue weighted by atomic mass is 9.95. The molecular weight excluding hydrogens is 304 g/mol. The van der Waals surface area contributed by atoms with Crippen molar-refractivity contribution < 1.29 is 9.53 Å². The average molecular weight is 332 g/mol. The molecule has 6 nitrogen and oxygen atoms in total. The molecule has 2 fully saturated rings. The van der Waals surface area contributed by atoms with E-state index in [-0.39, 0.29) is 5.41 Å². The number of aryl methyl sites for hydroxylation is 1. The number of rotatable bonds is 4. The highest BCUT2D eigenvalue weighted by Crippen LogP contribution is 2.48.